The second-order valence-corrected chi connectivity index (χ2v) is 8.25. The minimum absolute atomic E-state index is 0.147. The Morgan fingerprint density at radius 1 is 1.27 bits per heavy atom. The zero-order valence-corrected chi connectivity index (χ0v) is 19.3. The van der Waals surface area contributed by atoms with Gasteiger partial charge in [-0.15, -0.1) is 0 Å². The lowest BCUT2D eigenvalue weighted by molar-refractivity contribution is -0.385. The van der Waals surface area contributed by atoms with E-state index in [-0.39, 0.29) is 11.4 Å². The molecule has 1 aliphatic rings. The first-order chi connectivity index (χ1) is 15.7. The van der Waals surface area contributed by atoms with E-state index in [0.29, 0.717) is 43.0 Å². The SMILES string of the molecule is CN/C=C(\C=N)c1cc([N+](=O)[O-])c(OC)cc1N1CCN(c2cccc(C(C)(C)O)n2)CC1. The van der Waals surface area contributed by atoms with Gasteiger partial charge in [0, 0.05) is 74.6 Å². The average Bonchev–Trinajstić information content (AvgIpc) is 2.81. The second kappa shape index (κ2) is 9.86. The molecule has 1 saturated heterocycles. The number of aliphatic hydroxyl groups is 1. The van der Waals surface area contributed by atoms with Crippen LogP contribution in [0.1, 0.15) is 25.1 Å². The van der Waals surface area contributed by atoms with Crippen LogP contribution < -0.4 is 19.9 Å². The van der Waals surface area contributed by atoms with Crippen LogP contribution >= 0.6 is 0 Å². The number of methoxy groups -OCH3 is 1. The van der Waals surface area contributed by atoms with Gasteiger partial charge in [-0.25, -0.2) is 4.98 Å². The van der Waals surface area contributed by atoms with E-state index in [9.17, 15) is 15.2 Å². The molecule has 2 heterocycles. The molecule has 10 heteroatoms. The molecule has 33 heavy (non-hydrogen) atoms. The maximum absolute atomic E-state index is 11.6. The summed E-state index contributed by atoms with van der Waals surface area (Å²) in [5, 5.41) is 32.6. The van der Waals surface area contributed by atoms with Crippen LogP contribution in [0.5, 0.6) is 5.75 Å². The maximum atomic E-state index is 11.6. The number of nitrogens with one attached hydrogen (secondary N) is 2. The van der Waals surface area contributed by atoms with E-state index in [1.165, 1.54) is 19.4 Å². The molecule has 1 aromatic heterocycles. The van der Waals surface area contributed by atoms with Crippen molar-refractivity contribution in [1.29, 1.82) is 5.41 Å². The lowest BCUT2D eigenvalue weighted by atomic mass is 10.0. The van der Waals surface area contributed by atoms with Crippen molar-refractivity contribution >= 4 is 29.0 Å². The number of rotatable bonds is 8. The van der Waals surface area contributed by atoms with Gasteiger partial charge in [0.2, 0.25) is 0 Å². The number of nitro groups is 1. The Balaban J connectivity index is 1.92. The summed E-state index contributed by atoms with van der Waals surface area (Å²) in [7, 11) is 3.13. The number of aromatic nitrogens is 1. The van der Waals surface area contributed by atoms with Crippen molar-refractivity contribution in [3.05, 3.63) is 57.9 Å². The van der Waals surface area contributed by atoms with Gasteiger partial charge >= 0.3 is 5.69 Å². The molecule has 0 atom stereocenters. The third kappa shape index (κ3) is 5.23. The number of pyridine rings is 1. The minimum atomic E-state index is -1.02. The highest BCUT2D eigenvalue weighted by Crippen LogP contribution is 2.38. The van der Waals surface area contributed by atoms with Crippen molar-refractivity contribution in [2.75, 3.05) is 50.1 Å². The van der Waals surface area contributed by atoms with Crippen molar-refractivity contribution in [2.24, 2.45) is 0 Å². The maximum Gasteiger partial charge on any atom is 0.311 e. The normalized spacial score (nSPS) is 14.8. The van der Waals surface area contributed by atoms with Gasteiger partial charge in [-0.1, -0.05) is 6.07 Å². The zero-order valence-electron chi connectivity index (χ0n) is 19.3. The molecule has 1 aromatic carbocycles. The van der Waals surface area contributed by atoms with Crippen molar-refractivity contribution in [2.45, 2.75) is 19.4 Å². The van der Waals surface area contributed by atoms with Crippen molar-refractivity contribution in [1.82, 2.24) is 10.3 Å². The predicted octanol–water partition coefficient (Wildman–Crippen LogP) is 2.76. The van der Waals surface area contributed by atoms with Crippen LogP contribution in [0.2, 0.25) is 0 Å². The standard InChI is InChI=1S/C23H30N6O4/c1-23(2,30)21-6-5-7-22(26-21)28-10-8-27(9-11-28)18-13-20(33-4)19(29(31)32)12-17(18)16(14-24)15-25-3/h5-7,12-15,24-25,30H,8-11H2,1-4H3/b16-15+,24-14?. The third-order valence-electron chi connectivity index (χ3n) is 5.57. The molecule has 2 aromatic rings. The molecule has 0 amide bonds. The molecule has 0 bridgehead atoms. The highest BCUT2D eigenvalue weighted by atomic mass is 16.6. The Labute approximate surface area is 193 Å². The van der Waals surface area contributed by atoms with Gasteiger partial charge in [0.1, 0.15) is 11.4 Å². The number of benzene rings is 1. The molecule has 0 saturated carbocycles. The fourth-order valence-corrected chi connectivity index (χ4v) is 3.83. The molecule has 0 unspecified atom stereocenters. The van der Waals surface area contributed by atoms with Gasteiger partial charge in [0.25, 0.3) is 0 Å². The van der Waals surface area contributed by atoms with Crippen LogP contribution in [0.4, 0.5) is 17.2 Å². The smallest absolute Gasteiger partial charge is 0.311 e. The van der Waals surface area contributed by atoms with Crippen LogP contribution in [0.3, 0.4) is 0 Å². The van der Waals surface area contributed by atoms with Crippen molar-refractivity contribution in [3.63, 3.8) is 0 Å². The summed E-state index contributed by atoms with van der Waals surface area (Å²) in [4.78, 5) is 20.0. The molecule has 3 rings (SSSR count). The largest absolute Gasteiger partial charge is 0.490 e. The first kappa shape index (κ1) is 24.0. The quantitative estimate of drug-likeness (QED) is 0.316. The number of nitrogens with zero attached hydrogens (tertiary/aromatic N) is 4. The lowest BCUT2D eigenvalue weighted by Crippen LogP contribution is -2.47. The summed E-state index contributed by atoms with van der Waals surface area (Å²) < 4.78 is 5.30. The molecule has 0 spiro atoms. The van der Waals surface area contributed by atoms with Crippen molar-refractivity contribution in [3.8, 4) is 5.75 Å². The number of ether oxygens (including phenoxy) is 1. The lowest BCUT2D eigenvalue weighted by Gasteiger charge is -2.38. The van der Waals surface area contributed by atoms with Gasteiger partial charge in [0.15, 0.2) is 5.75 Å². The Morgan fingerprint density at radius 3 is 2.48 bits per heavy atom. The highest BCUT2D eigenvalue weighted by molar-refractivity contribution is 6.11. The van der Waals surface area contributed by atoms with Gasteiger partial charge in [-0.3, -0.25) is 10.1 Å². The van der Waals surface area contributed by atoms with Gasteiger partial charge in [-0.2, -0.15) is 0 Å². The van der Waals surface area contributed by atoms with Gasteiger partial charge in [0.05, 0.1) is 17.7 Å². The Bertz CT molecular complexity index is 1060. The number of piperazine rings is 1. The van der Waals surface area contributed by atoms with Gasteiger partial charge < -0.3 is 30.4 Å². The Morgan fingerprint density at radius 2 is 1.94 bits per heavy atom. The van der Waals surface area contributed by atoms with E-state index in [4.69, 9.17) is 10.1 Å². The van der Waals surface area contributed by atoms with E-state index in [2.05, 4.69) is 20.1 Å². The Kier molecular flexibility index (Phi) is 7.17. The number of nitro benzene ring substituents is 1. The van der Waals surface area contributed by atoms with Crippen LogP contribution in [0.15, 0.2) is 36.5 Å². The Hall–Kier alpha value is -3.66. The molecule has 1 aliphatic heterocycles. The van der Waals surface area contributed by atoms with Crippen LogP contribution in [-0.4, -0.2) is 61.6 Å². The predicted molar refractivity (Wildman–Crippen MR) is 129 cm³/mol. The fraction of sp³-hybridized carbons (Fsp3) is 0.391. The van der Waals surface area contributed by atoms with E-state index >= 15 is 0 Å². The number of allylic oxidation sites excluding steroid dienone is 1. The molecular formula is C23H30N6O4. The first-order valence-electron chi connectivity index (χ1n) is 10.6. The topological polar surface area (TPSA) is 128 Å². The summed E-state index contributed by atoms with van der Waals surface area (Å²) in [6.07, 6.45) is 2.82. The number of anilines is 2. The van der Waals surface area contributed by atoms with Crippen molar-refractivity contribution < 1.29 is 14.8 Å². The van der Waals surface area contributed by atoms with E-state index in [0.717, 1.165) is 11.5 Å². The molecule has 0 aliphatic carbocycles. The third-order valence-corrected chi connectivity index (χ3v) is 5.57. The minimum Gasteiger partial charge on any atom is -0.490 e. The summed E-state index contributed by atoms with van der Waals surface area (Å²) in [5.74, 6) is 0.973. The highest BCUT2D eigenvalue weighted by Gasteiger charge is 2.27. The zero-order chi connectivity index (χ0) is 24.2. The number of hydrogen-bond donors (Lipinski definition) is 3. The van der Waals surface area contributed by atoms with E-state index in [1.54, 1.807) is 33.2 Å². The second-order valence-electron chi connectivity index (χ2n) is 8.25. The monoisotopic (exact) mass is 454 g/mol. The summed E-state index contributed by atoms with van der Waals surface area (Å²) in [6.45, 7) is 6.06. The summed E-state index contributed by atoms with van der Waals surface area (Å²) in [5.41, 5.74) is 1.32. The van der Waals surface area contributed by atoms with Crippen LogP contribution in [-0.2, 0) is 5.60 Å². The molecule has 0 radical (unpaired) electrons. The molecule has 3 N–H and O–H groups in total. The molecular weight excluding hydrogens is 424 g/mol. The van der Waals surface area contributed by atoms with Crippen LogP contribution in [0.25, 0.3) is 5.57 Å². The van der Waals surface area contributed by atoms with E-state index in [1.807, 2.05) is 18.2 Å². The van der Waals surface area contributed by atoms with Gasteiger partial charge in [-0.05, 0) is 26.0 Å². The molecule has 176 valence electrons. The number of hydrogen-bond acceptors (Lipinski definition) is 9. The van der Waals surface area contributed by atoms with Crippen LogP contribution in [0, 0.1) is 15.5 Å². The molecule has 10 nitrogen and oxygen atoms in total. The molecule has 1 fully saturated rings. The van der Waals surface area contributed by atoms with E-state index < -0.39 is 10.5 Å². The summed E-state index contributed by atoms with van der Waals surface area (Å²) >= 11 is 0. The fourth-order valence-electron chi connectivity index (χ4n) is 3.83. The summed E-state index contributed by atoms with van der Waals surface area (Å²) in [6, 6.07) is 8.75. The first-order valence-corrected chi connectivity index (χ1v) is 10.6. The average molecular weight is 455 g/mol.